The van der Waals surface area contributed by atoms with E-state index in [2.05, 4.69) is 6.07 Å². The van der Waals surface area contributed by atoms with E-state index in [9.17, 15) is 10.2 Å². The predicted octanol–water partition coefficient (Wildman–Crippen LogP) is 1.83. The van der Waals surface area contributed by atoms with Crippen molar-refractivity contribution in [2.45, 2.75) is 39.0 Å². The summed E-state index contributed by atoms with van der Waals surface area (Å²) in [6.07, 6.45) is 1.20. The molecular formula is C13H19NO2. The van der Waals surface area contributed by atoms with E-state index in [1.807, 2.05) is 17.0 Å². The van der Waals surface area contributed by atoms with Crippen molar-refractivity contribution in [3.63, 3.8) is 0 Å². The normalized spacial score (nSPS) is 19.1. The zero-order valence-corrected chi connectivity index (χ0v) is 9.85. The Hall–Kier alpha value is -1.06. The number of hydrogen-bond donors (Lipinski definition) is 2. The maximum atomic E-state index is 9.72. The van der Waals surface area contributed by atoms with Gasteiger partial charge in [0.15, 0.2) is 0 Å². The highest BCUT2D eigenvalue weighted by Crippen LogP contribution is 2.30. The summed E-state index contributed by atoms with van der Waals surface area (Å²) in [6.45, 7) is 4.43. The molecule has 2 rings (SSSR count). The van der Waals surface area contributed by atoms with E-state index in [0.29, 0.717) is 0 Å². The van der Waals surface area contributed by atoms with E-state index in [4.69, 9.17) is 0 Å². The molecular weight excluding hydrogens is 202 g/mol. The zero-order valence-electron chi connectivity index (χ0n) is 9.85. The van der Waals surface area contributed by atoms with Crippen molar-refractivity contribution < 1.29 is 10.2 Å². The van der Waals surface area contributed by atoms with Gasteiger partial charge in [-0.25, -0.2) is 0 Å². The van der Waals surface area contributed by atoms with Crippen LogP contribution in [-0.2, 0) is 6.42 Å². The Kier molecular flexibility index (Phi) is 3.17. The standard InChI is InChI=1S/C13H19NO2/c1-9(15)12-6-5-11-4-3-7-14(10(2)16)13(11)8-12/h5-6,8-10,15-16H,3-4,7H2,1-2H3. The van der Waals surface area contributed by atoms with Gasteiger partial charge in [-0.3, -0.25) is 0 Å². The van der Waals surface area contributed by atoms with E-state index in [1.54, 1.807) is 13.8 Å². The predicted molar refractivity (Wildman–Crippen MR) is 64.4 cm³/mol. The fourth-order valence-corrected chi connectivity index (χ4v) is 2.27. The minimum atomic E-state index is -0.469. The van der Waals surface area contributed by atoms with Crippen molar-refractivity contribution in [2.75, 3.05) is 11.4 Å². The molecule has 0 saturated heterocycles. The molecule has 1 heterocycles. The number of fused-ring (bicyclic) bond motifs is 1. The van der Waals surface area contributed by atoms with Crippen LogP contribution in [0.3, 0.4) is 0 Å². The molecule has 0 aromatic heterocycles. The lowest BCUT2D eigenvalue weighted by Gasteiger charge is -2.34. The highest BCUT2D eigenvalue weighted by atomic mass is 16.3. The maximum absolute atomic E-state index is 9.72. The number of aryl methyl sites for hydroxylation is 1. The van der Waals surface area contributed by atoms with Gasteiger partial charge in [0, 0.05) is 12.2 Å². The first kappa shape index (κ1) is 11.4. The Labute approximate surface area is 96.3 Å². The van der Waals surface area contributed by atoms with Gasteiger partial charge in [0.1, 0.15) is 6.23 Å². The van der Waals surface area contributed by atoms with Gasteiger partial charge < -0.3 is 15.1 Å². The summed E-state index contributed by atoms with van der Waals surface area (Å²) in [4.78, 5) is 1.99. The summed E-state index contributed by atoms with van der Waals surface area (Å²) in [5, 5.41) is 19.3. The summed E-state index contributed by atoms with van der Waals surface area (Å²) >= 11 is 0. The molecule has 16 heavy (non-hydrogen) atoms. The molecule has 2 atom stereocenters. The van der Waals surface area contributed by atoms with E-state index in [-0.39, 0.29) is 0 Å². The fraction of sp³-hybridized carbons (Fsp3) is 0.538. The Morgan fingerprint density at radius 2 is 2.00 bits per heavy atom. The lowest BCUT2D eigenvalue weighted by molar-refractivity contribution is 0.185. The van der Waals surface area contributed by atoms with Crippen LogP contribution in [0.5, 0.6) is 0 Å². The number of hydrogen-bond acceptors (Lipinski definition) is 3. The summed E-state index contributed by atoms with van der Waals surface area (Å²) < 4.78 is 0. The van der Waals surface area contributed by atoms with Crippen molar-refractivity contribution in [1.29, 1.82) is 0 Å². The van der Waals surface area contributed by atoms with Gasteiger partial charge >= 0.3 is 0 Å². The average molecular weight is 221 g/mol. The van der Waals surface area contributed by atoms with Crippen molar-refractivity contribution >= 4 is 5.69 Å². The highest BCUT2D eigenvalue weighted by Gasteiger charge is 2.20. The summed E-state index contributed by atoms with van der Waals surface area (Å²) in [7, 11) is 0. The third-order valence-corrected chi connectivity index (χ3v) is 3.20. The second-order valence-electron chi connectivity index (χ2n) is 4.49. The molecule has 1 aromatic rings. The summed E-state index contributed by atoms with van der Waals surface area (Å²) in [6, 6.07) is 6.02. The van der Waals surface area contributed by atoms with Crippen molar-refractivity contribution in [3.8, 4) is 0 Å². The average Bonchev–Trinajstić information content (AvgIpc) is 2.27. The molecule has 0 saturated carbocycles. The van der Waals surface area contributed by atoms with Crippen LogP contribution in [-0.4, -0.2) is 23.0 Å². The monoisotopic (exact) mass is 221 g/mol. The SMILES string of the molecule is CC(O)c1ccc2c(c1)N(C(C)O)CCC2. The van der Waals surface area contributed by atoms with E-state index in [0.717, 1.165) is 30.6 Å². The van der Waals surface area contributed by atoms with Crippen LogP contribution in [0.15, 0.2) is 18.2 Å². The Morgan fingerprint density at radius 3 is 2.62 bits per heavy atom. The molecule has 2 N–H and O–H groups in total. The van der Waals surface area contributed by atoms with Crippen LogP contribution in [0.25, 0.3) is 0 Å². The largest absolute Gasteiger partial charge is 0.389 e. The molecule has 88 valence electrons. The summed E-state index contributed by atoms with van der Waals surface area (Å²) in [5.74, 6) is 0. The van der Waals surface area contributed by atoms with Crippen LogP contribution in [0.4, 0.5) is 5.69 Å². The zero-order chi connectivity index (χ0) is 11.7. The quantitative estimate of drug-likeness (QED) is 0.800. The van der Waals surface area contributed by atoms with Gasteiger partial charge in [-0.2, -0.15) is 0 Å². The Bertz CT molecular complexity index is 374. The maximum Gasteiger partial charge on any atom is 0.124 e. The second kappa shape index (κ2) is 4.44. The van der Waals surface area contributed by atoms with Crippen molar-refractivity contribution in [2.24, 2.45) is 0 Å². The van der Waals surface area contributed by atoms with Crippen LogP contribution in [0, 0.1) is 0 Å². The molecule has 0 spiro atoms. The number of benzene rings is 1. The molecule has 3 nitrogen and oxygen atoms in total. The minimum absolute atomic E-state index is 0.455. The van der Waals surface area contributed by atoms with Crippen LogP contribution in [0.1, 0.15) is 37.5 Å². The van der Waals surface area contributed by atoms with Crippen molar-refractivity contribution in [3.05, 3.63) is 29.3 Å². The molecule has 0 radical (unpaired) electrons. The minimum Gasteiger partial charge on any atom is -0.389 e. The van der Waals surface area contributed by atoms with Crippen LogP contribution in [0.2, 0.25) is 0 Å². The number of anilines is 1. The van der Waals surface area contributed by atoms with E-state index in [1.165, 1.54) is 5.56 Å². The molecule has 1 aliphatic rings. The number of rotatable bonds is 2. The lowest BCUT2D eigenvalue weighted by atomic mass is 9.98. The third-order valence-electron chi connectivity index (χ3n) is 3.20. The fourth-order valence-electron chi connectivity index (χ4n) is 2.27. The summed E-state index contributed by atoms with van der Waals surface area (Å²) in [5.41, 5.74) is 3.24. The molecule has 0 bridgehead atoms. The number of aliphatic hydroxyl groups excluding tert-OH is 2. The van der Waals surface area contributed by atoms with Gasteiger partial charge in [-0.15, -0.1) is 0 Å². The third kappa shape index (κ3) is 2.06. The van der Waals surface area contributed by atoms with Crippen LogP contribution >= 0.6 is 0 Å². The van der Waals surface area contributed by atoms with Gasteiger partial charge in [-0.1, -0.05) is 12.1 Å². The van der Waals surface area contributed by atoms with E-state index >= 15 is 0 Å². The molecule has 0 amide bonds. The topological polar surface area (TPSA) is 43.7 Å². The second-order valence-corrected chi connectivity index (χ2v) is 4.49. The van der Waals surface area contributed by atoms with Gasteiger partial charge in [0.25, 0.3) is 0 Å². The molecule has 0 fully saturated rings. The molecule has 1 aromatic carbocycles. The van der Waals surface area contributed by atoms with Crippen LogP contribution < -0.4 is 4.90 Å². The number of aliphatic hydroxyl groups is 2. The Morgan fingerprint density at radius 1 is 1.25 bits per heavy atom. The van der Waals surface area contributed by atoms with Gasteiger partial charge in [0.2, 0.25) is 0 Å². The van der Waals surface area contributed by atoms with Crippen molar-refractivity contribution in [1.82, 2.24) is 0 Å². The number of nitrogens with zero attached hydrogens (tertiary/aromatic N) is 1. The first-order valence-corrected chi connectivity index (χ1v) is 5.85. The van der Waals surface area contributed by atoms with Gasteiger partial charge in [-0.05, 0) is 43.9 Å². The first-order valence-electron chi connectivity index (χ1n) is 5.85. The molecule has 2 unspecified atom stereocenters. The smallest absolute Gasteiger partial charge is 0.124 e. The molecule has 1 aliphatic heterocycles. The Balaban J connectivity index is 2.40. The first-order chi connectivity index (χ1) is 7.59. The lowest BCUT2D eigenvalue weighted by Crippen LogP contribution is -2.37. The molecule has 0 aliphatic carbocycles. The highest BCUT2D eigenvalue weighted by molar-refractivity contribution is 5.57. The van der Waals surface area contributed by atoms with E-state index < -0.39 is 12.3 Å². The van der Waals surface area contributed by atoms with Gasteiger partial charge in [0.05, 0.1) is 6.10 Å². The molecule has 3 heteroatoms.